The number of nitrogens with two attached hydrogens (primary N) is 1. The van der Waals surface area contributed by atoms with Gasteiger partial charge in [-0.1, -0.05) is 60.5 Å². The van der Waals surface area contributed by atoms with E-state index in [1.807, 2.05) is 12.1 Å². The number of rotatable bonds is 1. The predicted octanol–water partition coefficient (Wildman–Crippen LogP) is 5.09. The first kappa shape index (κ1) is 13.9. The van der Waals surface area contributed by atoms with Crippen LogP contribution in [0.5, 0.6) is 0 Å². The molecule has 3 heteroatoms. The lowest BCUT2D eigenvalue weighted by molar-refractivity contribution is 0.423. The van der Waals surface area contributed by atoms with Crippen molar-refractivity contribution < 1.29 is 0 Å². The normalized spacial score (nSPS) is 25.3. The fourth-order valence-electron chi connectivity index (χ4n) is 3.20. The lowest BCUT2D eigenvalue weighted by Crippen LogP contribution is -2.33. The Morgan fingerprint density at radius 2 is 1.85 bits per heavy atom. The lowest BCUT2D eigenvalue weighted by Gasteiger charge is -2.39. The summed E-state index contributed by atoms with van der Waals surface area (Å²) in [4.78, 5) is 0. The average Bonchev–Trinajstić information content (AvgIpc) is 2.46. The summed E-state index contributed by atoms with van der Waals surface area (Å²) in [7, 11) is 0. The highest BCUT2D eigenvalue weighted by molar-refractivity contribution is 6.42. The Labute approximate surface area is 129 Å². The molecule has 2 aromatic rings. The van der Waals surface area contributed by atoms with Crippen LogP contribution in [0.25, 0.3) is 0 Å². The van der Waals surface area contributed by atoms with E-state index >= 15 is 0 Å². The Balaban J connectivity index is 2.17. The third-order valence-electron chi connectivity index (χ3n) is 4.47. The highest BCUT2D eigenvalue weighted by Gasteiger charge is 2.36. The lowest BCUT2D eigenvalue weighted by atomic mass is 9.66. The van der Waals surface area contributed by atoms with Gasteiger partial charge in [-0.2, -0.15) is 0 Å². The van der Waals surface area contributed by atoms with E-state index in [4.69, 9.17) is 28.9 Å². The highest BCUT2D eigenvalue weighted by atomic mass is 35.5. The molecule has 0 unspecified atom stereocenters. The molecule has 0 heterocycles. The second-order valence-electron chi connectivity index (χ2n) is 5.69. The molecule has 0 radical (unpaired) electrons. The van der Waals surface area contributed by atoms with Gasteiger partial charge in [-0.3, -0.25) is 0 Å². The van der Waals surface area contributed by atoms with Gasteiger partial charge in [-0.05, 0) is 41.7 Å². The van der Waals surface area contributed by atoms with Gasteiger partial charge in [0, 0.05) is 11.5 Å². The second kappa shape index (κ2) is 5.07. The van der Waals surface area contributed by atoms with E-state index in [1.54, 1.807) is 0 Å². The first-order valence-electron chi connectivity index (χ1n) is 6.83. The minimum absolute atomic E-state index is 0.0549. The van der Waals surface area contributed by atoms with Crippen molar-refractivity contribution in [3.63, 3.8) is 0 Å². The number of hydrogen-bond acceptors (Lipinski definition) is 1. The summed E-state index contributed by atoms with van der Waals surface area (Å²) in [6, 6.07) is 14.5. The van der Waals surface area contributed by atoms with Gasteiger partial charge in [0.1, 0.15) is 0 Å². The quantitative estimate of drug-likeness (QED) is 0.780. The molecular formula is C17H17Cl2N. The van der Waals surface area contributed by atoms with E-state index in [1.165, 1.54) is 16.7 Å². The van der Waals surface area contributed by atoms with Gasteiger partial charge < -0.3 is 5.73 Å². The topological polar surface area (TPSA) is 26.0 Å². The van der Waals surface area contributed by atoms with E-state index in [0.717, 1.165) is 12.8 Å². The third-order valence-corrected chi connectivity index (χ3v) is 5.21. The van der Waals surface area contributed by atoms with Crippen LogP contribution >= 0.6 is 23.2 Å². The minimum Gasteiger partial charge on any atom is -0.324 e. The van der Waals surface area contributed by atoms with Crippen LogP contribution in [-0.4, -0.2) is 0 Å². The van der Waals surface area contributed by atoms with Crippen LogP contribution in [0, 0.1) is 0 Å². The zero-order chi connectivity index (χ0) is 14.3. The van der Waals surface area contributed by atoms with Gasteiger partial charge >= 0.3 is 0 Å². The van der Waals surface area contributed by atoms with Crippen LogP contribution in [0.15, 0.2) is 42.5 Å². The van der Waals surface area contributed by atoms with Crippen molar-refractivity contribution in [2.24, 2.45) is 5.73 Å². The summed E-state index contributed by atoms with van der Waals surface area (Å²) < 4.78 is 0. The summed E-state index contributed by atoms with van der Waals surface area (Å²) in [5, 5.41) is 1.21. The molecule has 0 saturated heterocycles. The number of hydrogen-bond donors (Lipinski definition) is 1. The Morgan fingerprint density at radius 3 is 2.60 bits per heavy atom. The van der Waals surface area contributed by atoms with Crippen molar-refractivity contribution in [1.29, 1.82) is 0 Å². The summed E-state index contributed by atoms with van der Waals surface area (Å²) in [6.45, 7) is 2.26. The van der Waals surface area contributed by atoms with Crippen molar-refractivity contribution in [3.05, 3.63) is 69.2 Å². The van der Waals surface area contributed by atoms with E-state index < -0.39 is 0 Å². The molecular weight excluding hydrogens is 289 g/mol. The molecule has 2 N–H and O–H groups in total. The third kappa shape index (κ3) is 2.14. The first-order valence-corrected chi connectivity index (χ1v) is 7.58. The average molecular weight is 306 g/mol. The molecule has 2 atom stereocenters. The van der Waals surface area contributed by atoms with Gasteiger partial charge in [-0.15, -0.1) is 0 Å². The van der Waals surface area contributed by atoms with Crippen molar-refractivity contribution in [2.75, 3.05) is 0 Å². The summed E-state index contributed by atoms with van der Waals surface area (Å²) in [6.07, 6.45) is 2.00. The molecule has 1 nitrogen and oxygen atoms in total. The fraction of sp³-hybridized carbons (Fsp3) is 0.294. The summed E-state index contributed by atoms with van der Waals surface area (Å²) in [5.74, 6) is 0. The Hall–Kier alpha value is -1.02. The molecule has 1 aliphatic rings. The summed E-state index contributed by atoms with van der Waals surface area (Å²) >= 11 is 12.2. The minimum atomic E-state index is -0.0549. The van der Waals surface area contributed by atoms with Crippen LogP contribution in [0.3, 0.4) is 0 Å². The Morgan fingerprint density at radius 1 is 1.10 bits per heavy atom. The zero-order valence-corrected chi connectivity index (χ0v) is 12.9. The van der Waals surface area contributed by atoms with Gasteiger partial charge in [0.2, 0.25) is 0 Å². The molecule has 2 aromatic carbocycles. The van der Waals surface area contributed by atoms with Crippen LogP contribution in [0.2, 0.25) is 10.0 Å². The molecule has 0 bridgehead atoms. The van der Waals surface area contributed by atoms with Gasteiger partial charge in [0.05, 0.1) is 10.0 Å². The summed E-state index contributed by atoms with van der Waals surface area (Å²) in [5.41, 5.74) is 9.94. The van der Waals surface area contributed by atoms with Crippen LogP contribution < -0.4 is 5.73 Å². The Bertz CT molecular complexity index is 653. The monoisotopic (exact) mass is 305 g/mol. The SMILES string of the molecule is C[C@@]1(c2ccc(Cl)c(Cl)c2)CC[C@H](N)c2ccccc21. The second-order valence-corrected chi connectivity index (χ2v) is 6.51. The maximum absolute atomic E-state index is 6.25. The maximum atomic E-state index is 6.25. The van der Waals surface area contributed by atoms with Gasteiger partial charge in [0.25, 0.3) is 0 Å². The number of benzene rings is 2. The van der Waals surface area contributed by atoms with E-state index in [2.05, 4.69) is 37.3 Å². The molecule has 0 spiro atoms. The fourth-order valence-corrected chi connectivity index (χ4v) is 3.49. The molecule has 0 amide bonds. The highest BCUT2D eigenvalue weighted by Crippen LogP contribution is 2.46. The molecule has 0 saturated carbocycles. The maximum Gasteiger partial charge on any atom is 0.0595 e. The van der Waals surface area contributed by atoms with Gasteiger partial charge in [0.15, 0.2) is 0 Å². The van der Waals surface area contributed by atoms with E-state index in [-0.39, 0.29) is 11.5 Å². The van der Waals surface area contributed by atoms with Crippen molar-refractivity contribution in [1.82, 2.24) is 0 Å². The standard InChI is InChI=1S/C17H17Cl2N/c1-17(11-6-7-14(18)15(19)10-11)9-8-16(20)12-4-2-3-5-13(12)17/h2-7,10,16H,8-9,20H2,1H3/t16-,17-/m0/s1. The predicted molar refractivity (Wildman–Crippen MR) is 85.5 cm³/mol. The van der Waals surface area contributed by atoms with Crippen LogP contribution in [0.1, 0.15) is 42.5 Å². The van der Waals surface area contributed by atoms with E-state index in [0.29, 0.717) is 10.0 Å². The van der Waals surface area contributed by atoms with Crippen molar-refractivity contribution >= 4 is 23.2 Å². The molecule has 20 heavy (non-hydrogen) atoms. The van der Waals surface area contributed by atoms with Crippen molar-refractivity contribution in [2.45, 2.75) is 31.2 Å². The molecule has 104 valence electrons. The Kier molecular flexibility index (Phi) is 3.53. The molecule has 0 fully saturated rings. The molecule has 3 rings (SSSR count). The number of fused-ring (bicyclic) bond motifs is 1. The van der Waals surface area contributed by atoms with Crippen LogP contribution in [-0.2, 0) is 5.41 Å². The molecule has 0 aromatic heterocycles. The smallest absolute Gasteiger partial charge is 0.0595 e. The zero-order valence-electron chi connectivity index (χ0n) is 11.4. The first-order chi connectivity index (χ1) is 9.52. The van der Waals surface area contributed by atoms with Crippen molar-refractivity contribution in [3.8, 4) is 0 Å². The van der Waals surface area contributed by atoms with E-state index in [9.17, 15) is 0 Å². The largest absolute Gasteiger partial charge is 0.324 e. The molecule has 0 aliphatic heterocycles. The molecule has 1 aliphatic carbocycles. The number of halogens is 2. The van der Waals surface area contributed by atoms with Gasteiger partial charge in [-0.25, -0.2) is 0 Å². The van der Waals surface area contributed by atoms with Crippen LogP contribution in [0.4, 0.5) is 0 Å².